The lowest BCUT2D eigenvalue weighted by Crippen LogP contribution is -2.35. The Hall–Kier alpha value is -1.66. The van der Waals surface area contributed by atoms with Crippen molar-refractivity contribution < 1.29 is 5.11 Å². The van der Waals surface area contributed by atoms with Gasteiger partial charge in [0.25, 0.3) is 0 Å². The molecule has 0 aliphatic carbocycles. The third-order valence-corrected chi connectivity index (χ3v) is 4.06. The Balaban J connectivity index is 1.99. The molecule has 2 N–H and O–H groups in total. The first-order chi connectivity index (χ1) is 10.3. The number of nitrogens with zero attached hydrogens (tertiary/aromatic N) is 4. The van der Waals surface area contributed by atoms with Crippen molar-refractivity contribution in [1.82, 2.24) is 24.9 Å². The van der Waals surface area contributed by atoms with Crippen LogP contribution in [0, 0.1) is 13.8 Å². The van der Waals surface area contributed by atoms with Crippen molar-refractivity contribution in [2.24, 2.45) is 7.05 Å². The minimum absolute atomic E-state index is 0.469. The summed E-state index contributed by atoms with van der Waals surface area (Å²) in [6.07, 6.45) is 4.62. The minimum Gasteiger partial charge on any atom is -0.384 e. The van der Waals surface area contributed by atoms with E-state index < -0.39 is 5.60 Å². The number of aromatic nitrogens is 4. The van der Waals surface area contributed by atoms with E-state index in [4.69, 9.17) is 0 Å². The van der Waals surface area contributed by atoms with Gasteiger partial charge in [0.1, 0.15) is 5.60 Å². The SMILES string of the molecule is CCCn1nc(C)c(CNCC(C)(O)c2cnn(C)c2)c1C. The zero-order chi connectivity index (χ0) is 16.3. The average Bonchev–Trinajstić information content (AvgIpc) is 2.99. The molecule has 1 atom stereocenters. The molecule has 122 valence electrons. The molecule has 0 bridgehead atoms. The van der Waals surface area contributed by atoms with Gasteiger partial charge in [-0.15, -0.1) is 0 Å². The second kappa shape index (κ2) is 6.62. The van der Waals surface area contributed by atoms with Crippen LogP contribution in [0.5, 0.6) is 0 Å². The third-order valence-electron chi connectivity index (χ3n) is 4.06. The summed E-state index contributed by atoms with van der Waals surface area (Å²) >= 11 is 0. The predicted molar refractivity (Wildman–Crippen MR) is 86.5 cm³/mol. The quantitative estimate of drug-likeness (QED) is 0.816. The molecule has 2 rings (SSSR count). The van der Waals surface area contributed by atoms with Gasteiger partial charge in [-0.25, -0.2) is 0 Å². The predicted octanol–water partition coefficient (Wildman–Crippen LogP) is 1.64. The van der Waals surface area contributed by atoms with Crippen LogP contribution in [-0.4, -0.2) is 31.2 Å². The van der Waals surface area contributed by atoms with Crippen molar-refractivity contribution >= 4 is 0 Å². The Bertz CT molecular complexity index is 627. The molecule has 0 radical (unpaired) electrons. The van der Waals surface area contributed by atoms with Gasteiger partial charge in [0.15, 0.2) is 0 Å². The van der Waals surface area contributed by atoms with Crippen LogP contribution in [-0.2, 0) is 25.7 Å². The van der Waals surface area contributed by atoms with Gasteiger partial charge in [-0.2, -0.15) is 10.2 Å². The van der Waals surface area contributed by atoms with Gasteiger partial charge in [0.2, 0.25) is 0 Å². The van der Waals surface area contributed by atoms with Crippen molar-refractivity contribution in [1.29, 1.82) is 0 Å². The number of aryl methyl sites for hydroxylation is 3. The van der Waals surface area contributed by atoms with Gasteiger partial charge in [0, 0.05) is 49.7 Å². The maximum Gasteiger partial charge on any atom is 0.102 e. The second-order valence-corrected chi connectivity index (χ2v) is 6.15. The molecule has 0 aliphatic rings. The first-order valence-corrected chi connectivity index (χ1v) is 7.80. The van der Waals surface area contributed by atoms with Crippen molar-refractivity contribution in [2.45, 2.75) is 52.8 Å². The fourth-order valence-corrected chi connectivity index (χ4v) is 2.65. The maximum absolute atomic E-state index is 10.6. The van der Waals surface area contributed by atoms with Crippen molar-refractivity contribution in [2.75, 3.05) is 6.54 Å². The molecule has 0 saturated carbocycles. The standard InChI is InChI=1S/C16H27N5O/c1-6-7-21-13(3)15(12(2)19-21)9-17-11-16(4,22)14-8-18-20(5)10-14/h8,10,17,22H,6-7,9,11H2,1-5H3. The summed E-state index contributed by atoms with van der Waals surface area (Å²) in [5, 5.41) is 22.6. The van der Waals surface area contributed by atoms with Crippen molar-refractivity contribution in [3.8, 4) is 0 Å². The van der Waals surface area contributed by atoms with E-state index >= 15 is 0 Å². The third kappa shape index (κ3) is 3.56. The first kappa shape index (κ1) is 16.7. The summed E-state index contributed by atoms with van der Waals surface area (Å²) in [5.41, 5.74) is 3.36. The van der Waals surface area contributed by atoms with Crippen molar-refractivity contribution in [3.05, 3.63) is 34.9 Å². The summed E-state index contributed by atoms with van der Waals surface area (Å²) < 4.78 is 3.76. The summed E-state index contributed by atoms with van der Waals surface area (Å²) in [4.78, 5) is 0. The molecule has 2 aromatic heterocycles. The second-order valence-electron chi connectivity index (χ2n) is 6.15. The van der Waals surface area contributed by atoms with Crippen LogP contribution >= 0.6 is 0 Å². The number of aliphatic hydroxyl groups is 1. The number of nitrogens with one attached hydrogen (secondary N) is 1. The van der Waals surface area contributed by atoms with Crippen LogP contribution in [0.3, 0.4) is 0 Å². The lowest BCUT2D eigenvalue weighted by Gasteiger charge is -2.22. The molecule has 0 spiro atoms. The van der Waals surface area contributed by atoms with E-state index in [-0.39, 0.29) is 0 Å². The van der Waals surface area contributed by atoms with Gasteiger partial charge < -0.3 is 10.4 Å². The molecule has 0 aromatic carbocycles. The highest BCUT2D eigenvalue weighted by Gasteiger charge is 2.24. The number of rotatable bonds is 7. The highest BCUT2D eigenvalue weighted by atomic mass is 16.3. The maximum atomic E-state index is 10.6. The Morgan fingerprint density at radius 1 is 1.36 bits per heavy atom. The highest BCUT2D eigenvalue weighted by Crippen LogP contribution is 2.19. The molecular formula is C16H27N5O. The molecule has 2 heterocycles. The van der Waals surface area contributed by atoms with Crippen LogP contribution in [0.1, 0.15) is 42.8 Å². The molecule has 0 aliphatic heterocycles. The van der Waals surface area contributed by atoms with Crippen LogP contribution in [0.25, 0.3) is 0 Å². The summed E-state index contributed by atoms with van der Waals surface area (Å²) in [6.45, 7) is 10.2. The van der Waals surface area contributed by atoms with Crippen LogP contribution in [0.4, 0.5) is 0 Å². The van der Waals surface area contributed by atoms with Crippen LogP contribution in [0.15, 0.2) is 12.4 Å². The molecular weight excluding hydrogens is 278 g/mol. The van der Waals surface area contributed by atoms with Gasteiger partial charge in [-0.05, 0) is 27.2 Å². The summed E-state index contributed by atoms with van der Waals surface area (Å²) in [5.74, 6) is 0. The van der Waals surface area contributed by atoms with Gasteiger partial charge in [0.05, 0.1) is 11.9 Å². The number of hydrogen-bond donors (Lipinski definition) is 2. The average molecular weight is 305 g/mol. The Morgan fingerprint density at radius 3 is 2.68 bits per heavy atom. The zero-order valence-corrected chi connectivity index (χ0v) is 14.2. The monoisotopic (exact) mass is 305 g/mol. The Morgan fingerprint density at radius 2 is 2.09 bits per heavy atom. The lowest BCUT2D eigenvalue weighted by atomic mass is 9.99. The number of hydrogen-bond acceptors (Lipinski definition) is 4. The molecule has 0 amide bonds. The highest BCUT2D eigenvalue weighted by molar-refractivity contribution is 5.24. The normalized spacial score (nSPS) is 14.3. The van der Waals surface area contributed by atoms with E-state index in [1.54, 1.807) is 17.8 Å². The topological polar surface area (TPSA) is 67.9 Å². The largest absolute Gasteiger partial charge is 0.384 e. The van der Waals surface area contributed by atoms with Crippen LogP contribution in [0.2, 0.25) is 0 Å². The Labute approximate surface area is 132 Å². The van der Waals surface area contributed by atoms with Gasteiger partial charge in [-0.3, -0.25) is 9.36 Å². The Kier molecular flexibility index (Phi) is 5.03. The van der Waals surface area contributed by atoms with E-state index in [1.807, 2.05) is 20.2 Å². The van der Waals surface area contributed by atoms with Crippen LogP contribution < -0.4 is 5.32 Å². The molecule has 6 heteroatoms. The molecule has 0 fully saturated rings. The summed E-state index contributed by atoms with van der Waals surface area (Å²) in [7, 11) is 1.85. The van der Waals surface area contributed by atoms with Gasteiger partial charge in [-0.1, -0.05) is 6.92 Å². The van der Waals surface area contributed by atoms with E-state index in [2.05, 4.69) is 34.0 Å². The molecule has 1 unspecified atom stereocenters. The fraction of sp³-hybridized carbons (Fsp3) is 0.625. The molecule has 0 saturated heterocycles. The lowest BCUT2D eigenvalue weighted by molar-refractivity contribution is 0.0565. The summed E-state index contributed by atoms with van der Waals surface area (Å²) in [6, 6.07) is 0. The van der Waals surface area contributed by atoms with E-state index in [0.717, 1.165) is 24.2 Å². The molecule has 6 nitrogen and oxygen atoms in total. The molecule has 22 heavy (non-hydrogen) atoms. The molecule has 2 aromatic rings. The van der Waals surface area contributed by atoms with E-state index in [1.165, 1.54) is 11.3 Å². The van der Waals surface area contributed by atoms with E-state index in [0.29, 0.717) is 13.1 Å². The first-order valence-electron chi connectivity index (χ1n) is 7.80. The smallest absolute Gasteiger partial charge is 0.102 e. The minimum atomic E-state index is -0.935. The zero-order valence-electron chi connectivity index (χ0n) is 14.2. The van der Waals surface area contributed by atoms with Gasteiger partial charge >= 0.3 is 0 Å². The van der Waals surface area contributed by atoms with E-state index in [9.17, 15) is 5.11 Å². The fourth-order valence-electron chi connectivity index (χ4n) is 2.65. The van der Waals surface area contributed by atoms with Crippen molar-refractivity contribution in [3.63, 3.8) is 0 Å².